The molecule has 20 heavy (non-hydrogen) atoms. The molecule has 0 aromatic rings. The summed E-state index contributed by atoms with van der Waals surface area (Å²) in [6.07, 6.45) is 2.92. The Kier molecular flexibility index (Phi) is 6.95. The van der Waals surface area contributed by atoms with Crippen LogP contribution in [0.1, 0.15) is 47.0 Å². The summed E-state index contributed by atoms with van der Waals surface area (Å²) in [5.74, 6) is 1.19. The Morgan fingerprint density at radius 1 is 1.40 bits per heavy atom. The summed E-state index contributed by atoms with van der Waals surface area (Å²) in [7, 11) is -2.85. The molecule has 1 N–H and O–H groups in total. The molecule has 5 heteroatoms. The van der Waals surface area contributed by atoms with Crippen LogP contribution in [0.4, 0.5) is 0 Å². The zero-order chi connectivity index (χ0) is 15.2. The maximum Gasteiger partial charge on any atom is 0.150 e. The smallest absolute Gasteiger partial charge is 0.150 e. The Bertz CT molecular complexity index is 381. The minimum atomic E-state index is -2.85. The largest absolute Gasteiger partial charge is 0.378 e. The Morgan fingerprint density at radius 3 is 2.60 bits per heavy atom. The molecule has 2 unspecified atom stereocenters. The van der Waals surface area contributed by atoms with Crippen molar-refractivity contribution < 1.29 is 13.2 Å². The fourth-order valence-electron chi connectivity index (χ4n) is 2.87. The Balaban J connectivity index is 2.52. The van der Waals surface area contributed by atoms with Crippen LogP contribution in [0.2, 0.25) is 0 Å². The van der Waals surface area contributed by atoms with Gasteiger partial charge in [-0.3, -0.25) is 0 Å². The van der Waals surface area contributed by atoms with Crippen molar-refractivity contribution in [3.8, 4) is 0 Å². The number of ether oxygens (including phenoxy) is 1. The minimum Gasteiger partial charge on any atom is -0.378 e. The van der Waals surface area contributed by atoms with Gasteiger partial charge in [-0.15, -0.1) is 0 Å². The first-order valence-electron chi connectivity index (χ1n) is 7.84. The van der Waals surface area contributed by atoms with Crippen LogP contribution in [0.3, 0.4) is 0 Å². The van der Waals surface area contributed by atoms with Gasteiger partial charge in [0.1, 0.15) is 9.84 Å². The summed E-state index contributed by atoms with van der Waals surface area (Å²) >= 11 is 0. The van der Waals surface area contributed by atoms with Crippen molar-refractivity contribution in [3.63, 3.8) is 0 Å². The van der Waals surface area contributed by atoms with Crippen LogP contribution < -0.4 is 5.32 Å². The fourth-order valence-corrected chi connectivity index (χ4v) is 3.74. The van der Waals surface area contributed by atoms with Crippen molar-refractivity contribution in [2.24, 2.45) is 11.3 Å². The molecule has 1 rings (SSSR count). The van der Waals surface area contributed by atoms with E-state index in [9.17, 15) is 8.42 Å². The SMILES string of the molecule is CCS(=O)(=O)CCCC1(CNCC(C)C)CCOC1C. The first-order chi connectivity index (χ1) is 9.31. The number of nitrogens with one attached hydrogen (secondary N) is 1. The fraction of sp³-hybridized carbons (Fsp3) is 1.00. The molecular weight excluding hydrogens is 274 g/mol. The lowest BCUT2D eigenvalue weighted by Crippen LogP contribution is -2.41. The zero-order valence-corrected chi connectivity index (χ0v) is 14.3. The van der Waals surface area contributed by atoms with Crippen molar-refractivity contribution >= 4 is 9.84 Å². The Morgan fingerprint density at radius 2 is 2.10 bits per heavy atom. The second kappa shape index (κ2) is 7.76. The van der Waals surface area contributed by atoms with Gasteiger partial charge < -0.3 is 10.1 Å². The van der Waals surface area contributed by atoms with Gasteiger partial charge in [0, 0.05) is 24.3 Å². The molecule has 1 heterocycles. The van der Waals surface area contributed by atoms with Crippen LogP contribution in [0, 0.1) is 11.3 Å². The Labute approximate surface area is 124 Å². The van der Waals surface area contributed by atoms with E-state index in [1.165, 1.54) is 0 Å². The van der Waals surface area contributed by atoms with Gasteiger partial charge in [-0.05, 0) is 38.6 Å². The summed E-state index contributed by atoms with van der Waals surface area (Å²) < 4.78 is 29.0. The van der Waals surface area contributed by atoms with Crippen LogP contribution in [-0.2, 0) is 14.6 Å². The maximum atomic E-state index is 11.6. The molecule has 0 radical (unpaired) electrons. The number of hydrogen-bond acceptors (Lipinski definition) is 4. The highest BCUT2D eigenvalue weighted by Crippen LogP contribution is 2.38. The van der Waals surface area contributed by atoms with E-state index in [-0.39, 0.29) is 17.3 Å². The lowest BCUT2D eigenvalue weighted by Gasteiger charge is -2.33. The summed E-state index contributed by atoms with van der Waals surface area (Å²) in [5.41, 5.74) is 0.109. The molecule has 0 aromatic carbocycles. The lowest BCUT2D eigenvalue weighted by atomic mass is 9.77. The van der Waals surface area contributed by atoms with E-state index in [0.717, 1.165) is 39.0 Å². The van der Waals surface area contributed by atoms with Crippen molar-refractivity contribution in [1.29, 1.82) is 0 Å². The molecule has 2 atom stereocenters. The van der Waals surface area contributed by atoms with Gasteiger partial charge in [-0.2, -0.15) is 0 Å². The lowest BCUT2D eigenvalue weighted by molar-refractivity contribution is 0.0578. The van der Waals surface area contributed by atoms with E-state index in [1.54, 1.807) is 6.92 Å². The first kappa shape index (κ1) is 17.9. The second-order valence-corrected chi connectivity index (χ2v) is 8.96. The molecule has 1 aliphatic rings. The van der Waals surface area contributed by atoms with E-state index in [0.29, 0.717) is 11.7 Å². The molecule has 0 aliphatic carbocycles. The third-order valence-electron chi connectivity index (χ3n) is 4.43. The van der Waals surface area contributed by atoms with Gasteiger partial charge in [-0.25, -0.2) is 8.42 Å². The number of hydrogen-bond donors (Lipinski definition) is 1. The normalized spacial score (nSPS) is 27.4. The number of sulfone groups is 1. The number of rotatable bonds is 9. The van der Waals surface area contributed by atoms with Gasteiger partial charge in [0.05, 0.1) is 11.9 Å². The van der Waals surface area contributed by atoms with Crippen LogP contribution >= 0.6 is 0 Å². The summed E-state index contributed by atoms with van der Waals surface area (Å²) in [5, 5.41) is 3.53. The van der Waals surface area contributed by atoms with Crippen LogP contribution in [0.25, 0.3) is 0 Å². The second-order valence-electron chi connectivity index (χ2n) is 6.49. The third kappa shape index (κ3) is 5.34. The zero-order valence-electron chi connectivity index (χ0n) is 13.4. The van der Waals surface area contributed by atoms with E-state index in [1.807, 2.05) is 0 Å². The van der Waals surface area contributed by atoms with Gasteiger partial charge in [-0.1, -0.05) is 20.8 Å². The Hall–Kier alpha value is -0.130. The molecule has 1 aliphatic heterocycles. The van der Waals surface area contributed by atoms with Crippen molar-refractivity contribution in [2.75, 3.05) is 31.2 Å². The van der Waals surface area contributed by atoms with Crippen molar-refractivity contribution in [3.05, 3.63) is 0 Å². The quantitative estimate of drug-likeness (QED) is 0.710. The third-order valence-corrected chi connectivity index (χ3v) is 6.22. The molecule has 0 aromatic heterocycles. The molecule has 0 spiro atoms. The van der Waals surface area contributed by atoms with E-state index in [2.05, 4.69) is 26.1 Å². The highest BCUT2D eigenvalue weighted by molar-refractivity contribution is 7.91. The van der Waals surface area contributed by atoms with Crippen LogP contribution in [0.5, 0.6) is 0 Å². The minimum absolute atomic E-state index is 0.109. The van der Waals surface area contributed by atoms with Gasteiger partial charge in [0.15, 0.2) is 0 Å². The molecule has 120 valence electrons. The van der Waals surface area contributed by atoms with E-state index < -0.39 is 9.84 Å². The topological polar surface area (TPSA) is 55.4 Å². The predicted octanol–water partition coefficient (Wildman–Crippen LogP) is 2.24. The molecular formula is C15H31NO3S. The molecule has 0 bridgehead atoms. The van der Waals surface area contributed by atoms with Crippen molar-refractivity contribution in [1.82, 2.24) is 5.32 Å². The molecule has 1 saturated heterocycles. The highest BCUT2D eigenvalue weighted by Gasteiger charge is 2.40. The monoisotopic (exact) mass is 305 g/mol. The summed E-state index contributed by atoms with van der Waals surface area (Å²) in [6, 6.07) is 0. The predicted molar refractivity (Wildman–Crippen MR) is 83.7 cm³/mol. The molecule has 1 fully saturated rings. The summed E-state index contributed by atoms with van der Waals surface area (Å²) in [4.78, 5) is 0. The highest BCUT2D eigenvalue weighted by atomic mass is 32.2. The first-order valence-corrected chi connectivity index (χ1v) is 9.66. The molecule has 4 nitrogen and oxygen atoms in total. The van der Waals surface area contributed by atoms with Crippen LogP contribution in [0.15, 0.2) is 0 Å². The van der Waals surface area contributed by atoms with E-state index in [4.69, 9.17) is 4.74 Å². The summed E-state index contributed by atoms with van der Waals surface area (Å²) in [6.45, 7) is 11.0. The van der Waals surface area contributed by atoms with Crippen LogP contribution in [-0.4, -0.2) is 45.7 Å². The molecule has 0 amide bonds. The average molecular weight is 305 g/mol. The van der Waals surface area contributed by atoms with Gasteiger partial charge in [0.25, 0.3) is 0 Å². The standard InChI is InChI=1S/C15H31NO3S/c1-5-20(17,18)10-6-7-15(8-9-19-14(15)4)12-16-11-13(2)3/h13-14,16H,5-12H2,1-4H3. The maximum absolute atomic E-state index is 11.6. The molecule has 0 saturated carbocycles. The van der Waals surface area contributed by atoms with Gasteiger partial charge >= 0.3 is 0 Å². The average Bonchev–Trinajstić information content (AvgIpc) is 2.71. The van der Waals surface area contributed by atoms with Crippen molar-refractivity contribution in [2.45, 2.75) is 53.1 Å². The van der Waals surface area contributed by atoms with Gasteiger partial charge in [0.2, 0.25) is 0 Å². The van der Waals surface area contributed by atoms with E-state index >= 15 is 0 Å².